The van der Waals surface area contributed by atoms with Gasteiger partial charge in [-0.3, -0.25) is 9.52 Å². The number of benzene rings is 1. The number of aryl methyl sites for hydroxylation is 1. The number of nitrogens with one attached hydrogen (secondary N) is 1. The van der Waals surface area contributed by atoms with Gasteiger partial charge in [0.15, 0.2) is 0 Å². The van der Waals surface area contributed by atoms with Crippen molar-refractivity contribution in [2.24, 2.45) is 5.92 Å². The molecule has 1 heterocycles. The lowest BCUT2D eigenvalue weighted by Gasteiger charge is -2.30. The molecule has 2 N–H and O–H groups in total. The Kier molecular flexibility index (Phi) is 4.48. The molecule has 0 bridgehead atoms. The van der Waals surface area contributed by atoms with Crippen LogP contribution in [0.2, 0.25) is 0 Å². The number of nitrogens with zero attached hydrogens (tertiary/aromatic N) is 1. The third-order valence-corrected chi connectivity index (χ3v) is 5.00. The largest absolute Gasteiger partial charge is 0.481 e. The Labute approximate surface area is 122 Å². The number of rotatable bonds is 4. The van der Waals surface area contributed by atoms with E-state index < -0.39 is 27.9 Å². The zero-order chi connectivity index (χ0) is 15.6. The average Bonchev–Trinajstić information content (AvgIpc) is 2.43. The number of anilines is 1. The topological polar surface area (TPSA) is 86.7 Å². The first-order valence-corrected chi connectivity index (χ1v) is 8.00. The number of carboxylic acids is 1. The third-order valence-electron chi connectivity index (χ3n) is 3.51. The van der Waals surface area contributed by atoms with Crippen LogP contribution in [0.1, 0.15) is 18.4 Å². The van der Waals surface area contributed by atoms with Crippen LogP contribution in [0, 0.1) is 18.7 Å². The third kappa shape index (κ3) is 3.70. The highest BCUT2D eigenvalue weighted by Gasteiger charge is 2.32. The number of halogens is 1. The summed E-state index contributed by atoms with van der Waals surface area (Å²) >= 11 is 0. The molecule has 2 rings (SSSR count). The average molecular weight is 316 g/mol. The molecular weight excluding hydrogens is 299 g/mol. The van der Waals surface area contributed by atoms with E-state index in [2.05, 4.69) is 4.72 Å². The van der Waals surface area contributed by atoms with Crippen molar-refractivity contribution < 1.29 is 22.7 Å². The first-order valence-electron chi connectivity index (χ1n) is 6.56. The Morgan fingerprint density at radius 2 is 2.19 bits per heavy atom. The fourth-order valence-corrected chi connectivity index (χ4v) is 3.64. The number of carboxylic acid groups (broad SMARTS) is 1. The first kappa shape index (κ1) is 15.7. The SMILES string of the molecule is Cc1ccc(F)cc1NS(=O)(=O)N1CCCC(C(=O)O)C1. The molecule has 6 nitrogen and oxygen atoms in total. The van der Waals surface area contributed by atoms with Crippen molar-refractivity contribution in [2.45, 2.75) is 19.8 Å². The molecule has 1 aromatic rings. The highest BCUT2D eigenvalue weighted by molar-refractivity contribution is 7.90. The minimum absolute atomic E-state index is 0.0704. The normalized spacial score (nSPS) is 20.2. The van der Waals surface area contributed by atoms with Gasteiger partial charge in [0.1, 0.15) is 5.82 Å². The summed E-state index contributed by atoms with van der Waals surface area (Å²) in [5, 5.41) is 9.00. The Balaban J connectivity index is 2.18. The van der Waals surface area contributed by atoms with Crippen molar-refractivity contribution in [3.05, 3.63) is 29.6 Å². The zero-order valence-corrected chi connectivity index (χ0v) is 12.4. The van der Waals surface area contributed by atoms with E-state index in [0.717, 1.165) is 10.4 Å². The van der Waals surface area contributed by atoms with E-state index in [-0.39, 0.29) is 18.8 Å². The molecule has 0 aliphatic carbocycles. The van der Waals surface area contributed by atoms with Crippen LogP contribution in [0.25, 0.3) is 0 Å². The van der Waals surface area contributed by atoms with Gasteiger partial charge in [-0.2, -0.15) is 12.7 Å². The van der Waals surface area contributed by atoms with Crippen molar-refractivity contribution in [3.63, 3.8) is 0 Å². The van der Waals surface area contributed by atoms with Gasteiger partial charge in [-0.25, -0.2) is 4.39 Å². The fraction of sp³-hybridized carbons (Fsp3) is 0.462. The van der Waals surface area contributed by atoms with E-state index in [1.807, 2.05) is 0 Å². The maximum absolute atomic E-state index is 13.2. The molecule has 1 unspecified atom stereocenters. The Bertz CT molecular complexity index is 648. The maximum Gasteiger partial charge on any atom is 0.307 e. The second-order valence-corrected chi connectivity index (χ2v) is 6.77. The summed E-state index contributed by atoms with van der Waals surface area (Å²) in [6, 6.07) is 3.82. The van der Waals surface area contributed by atoms with Crippen LogP contribution in [-0.2, 0) is 15.0 Å². The van der Waals surface area contributed by atoms with Crippen molar-refractivity contribution in [3.8, 4) is 0 Å². The minimum Gasteiger partial charge on any atom is -0.481 e. The van der Waals surface area contributed by atoms with Crippen LogP contribution in [0.5, 0.6) is 0 Å². The molecule has 1 aliphatic heterocycles. The van der Waals surface area contributed by atoms with Gasteiger partial charge in [-0.15, -0.1) is 0 Å². The van der Waals surface area contributed by atoms with Crippen LogP contribution in [0.3, 0.4) is 0 Å². The summed E-state index contributed by atoms with van der Waals surface area (Å²) in [5.74, 6) is -2.25. The lowest BCUT2D eigenvalue weighted by molar-refractivity contribution is -0.142. The smallest absolute Gasteiger partial charge is 0.307 e. The molecule has 1 aliphatic rings. The van der Waals surface area contributed by atoms with Gasteiger partial charge < -0.3 is 5.11 Å². The lowest BCUT2D eigenvalue weighted by atomic mass is 10.0. The number of piperidine rings is 1. The summed E-state index contributed by atoms with van der Waals surface area (Å²) < 4.78 is 41.2. The summed E-state index contributed by atoms with van der Waals surface area (Å²) in [5.41, 5.74) is 0.749. The highest BCUT2D eigenvalue weighted by atomic mass is 32.2. The molecule has 0 saturated carbocycles. The minimum atomic E-state index is -3.89. The molecule has 0 aromatic heterocycles. The quantitative estimate of drug-likeness (QED) is 0.883. The van der Waals surface area contributed by atoms with E-state index >= 15 is 0 Å². The molecule has 21 heavy (non-hydrogen) atoms. The fourth-order valence-electron chi connectivity index (χ4n) is 2.27. The van der Waals surface area contributed by atoms with Gasteiger partial charge in [0.2, 0.25) is 0 Å². The molecule has 1 fully saturated rings. The number of aliphatic carboxylic acids is 1. The first-order chi connectivity index (χ1) is 9.79. The lowest BCUT2D eigenvalue weighted by Crippen LogP contribution is -2.44. The molecule has 1 atom stereocenters. The van der Waals surface area contributed by atoms with Gasteiger partial charge in [0.05, 0.1) is 11.6 Å². The summed E-state index contributed by atoms with van der Waals surface area (Å²) in [6.45, 7) is 1.85. The maximum atomic E-state index is 13.2. The Morgan fingerprint density at radius 1 is 1.48 bits per heavy atom. The van der Waals surface area contributed by atoms with Crippen molar-refractivity contribution >= 4 is 21.9 Å². The van der Waals surface area contributed by atoms with Crippen LogP contribution < -0.4 is 4.72 Å². The predicted octanol–water partition coefficient (Wildman–Crippen LogP) is 1.59. The molecule has 0 radical (unpaired) electrons. The Morgan fingerprint density at radius 3 is 2.86 bits per heavy atom. The zero-order valence-electron chi connectivity index (χ0n) is 11.5. The second kappa shape index (κ2) is 5.98. The van der Waals surface area contributed by atoms with Crippen LogP contribution >= 0.6 is 0 Å². The van der Waals surface area contributed by atoms with E-state index in [9.17, 15) is 17.6 Å². The van der Waals surface area contributed by atoms with Gasteiger partial charge in [-0.1, -0.05) is 6.07 Å². The van der Waals surface area contributed by atoms with Crippen LogP contribution in [0.15, 0.2) is 18.2 Å². The molecule has 1 aromatic carbocycles. The van der Waals surface area contributed by atoms with Crippen LogP contribution in [0.4, 0.5) is 10.1 Å². The Hall–Kier alpha value is -1.67. The molecule has 8 heteroatoms. The molecule has 0 amide bonds. The molecule has 116 valence electrons. The number of hydrogen-bond acceptors (Lipinski definition) is 3. The van der Waals surface area contributed by atoms with Crippen molar-refractivity contribution in [1.82, 2.24) is 4.31 Å². The summed E-state index contributed by atoms with van der Waals surface area (Å²) in [6.07, 6.45) is 0.945. The molecule has 1 saturated heterocycles. The predicted molar refractivity (Wildman–Crippen MR) is 75.6 cm³/mol. The van der Waals surface area contributed by atoms with Gasteiger partial charge in [0.25, 0.3) is 0 Å². The monoisotopic (exact) mass is 316 g/mol. The summed E-state index contributed by atoms with van der Waals surface area (Å²) in [4.78, 5) is 11.0. The van der Waals surface area contributed by atoms with E-state index in [4.69, 9.17) is 5.11 Å². The van der Waals surface area contributed by atoms with E-state index in [0.29, 0.717) is 18.4 Å². The number of hydrogen-bond donors (Lipinski definition) is 2. The van der Waals surface area contributed by atoms with E-state index in [1.165, 1.54) is 12.1 Å². The highest BCUT2D eigenvalue weighted by Crippen LogP contribution is 2.23. The molecule has 0 spiro atoms. The summed E-state index contributed by atoms with van der Waals surface area (Å²) in [7, 11) is -3.89. The molecular formula is C13H17FN2O4S. The standard InChI is InChI=1S/C13H17FN2O4S/c1-9-4-5-11(14)7-12(9)15-21(19,20)16-6-2-3-10(8-16)13(17)18/h4-5,7,10,15H,2-3,6,8H2,1H3,(H,17,18). The second-order valence-electron chi connectivity index (χ2n) is 5.10. The van der Waals surface area contributed by atoms with Gasteiger partial charge in [0, 0.05) is 13.1 Å². The number of carbonyl (C=O) groups is 1. The van der Waals surface area contributed by atoms with Crippen molar-refractivity contribution in [1.29, 1.82) is 0 Å². The van der Waals surface area contributed by atoms with E-state index in [1.54, 1.807) is 6.92 Å². The van der Waals surface area contributed by atoms with Crippen LogP contribution in [-0.4, -0.2) is 36.9 Å². The van der Waals surface area contributed by atoms with Gasteiger partial charge in [-0.05, 0) is 37.5 Å². The van der Waals surface area contributed by atoms with Gasteiger partial charge >= 0.3 is 16.2 Å². The van der Waals surface area contributed by atoms with Crippen molar-refractivity contribution in [2.75, 3.05) is 17.8 Å².